The van der Waals surface area contributed by atoms with Crippen LogP contribution in [0, 0.1) is 5.82 Å². The van der Waals surface area contributed by atoms with Gasteiger partial charge in [-0.1, -0.05) is 24.3 Å². The van der Waals surface area contributed by atoms with Crippen molar-refractivity contribution in [3.63, 3.8) is 0 Å². The highest BCUT2D eigenvalue weighted by atomic mass is 19.4. The number of nitrogens with one attached hydrogen (secondary N) is 1. The van der Waals surface area contributed by atoms with E-state index in [0.717, 1.165) is 37.3 Å². The number of benzene rings is 2. The van der Waals surface area contributed by atoms with E-state index in [1.165, 1.54) is 18.2 Å². The van der Waals surface area contributed by atoms with Gasteiger partial charge < -0.3 is 10.1 Å². The molecule has 158 valence electrons. The number of ether oxygens (including phenoxy) is 1. The Hall–Kier alpha value is -2.62. The third-order valence-electron chi connectivity index (χ3n) is 3.91. The minimum atomic E-state index is -4.90. The molecule has 0 aromatic heterocycles. The number of halogens is 7. The van der Waals surface area contributed by atoms with E-state index in [-0.39, 0.29) is 11.1 Å². The van der Waals surface area contributed by atoms with Crippen molar-refractivity contribution < 1.29 is 40.3 Å². The maximum absolute atomic E-state index is 13.6. The summed E-state index contributed by atoms with van der Waals surface area (Å²) in [4.78, 5) is 11.0. The van der Waals surface area contributed by atoms with Gasteiger partial charge in [0.25, 0.3) is 0 Å². The van der Waals surface area contributed by atoms with Gasteiger partial charge in [0.1, 0.15) is 5.82 Å². The van der Waals surface area contributed by atoms with Crippen molar-refractivity contribution in [3.8, 4) is 0 Å². The van der Waals surface area contributed by atoms with Crippen LogP contribution in [-0.4, -0.2) is 24.8 Å². The van der Waals surface area contributed by atoms with E-state index in [1.54, 1.807) is 0 Å². The van der Waals surface area contributed by atoms with Crippen molar-refractivity contribution in [1.29, 1.82) is 0 Å². The lowest BCUT2D eigenvalue weighted by Gasteiger charge is -2.25. The van der Waals surface area contributed by atoms with E-state index in [9.17, 15) is 35.5 Å². The summed E-state index contributed by atoms with van der Waals surface area (Å²) in [7, 11) is 0. The van der Waals surface area contributed by atoms with E-state index in [0.29, 0.717) is 0 Å². The third kappa shape index (κ3) is 6.45. The zero-order chi connectivity index (χ0) is 21.8. The normalized spacial score (nSPS) is 14.3. The van der Waals surface area contributed by atoms with Gasteiger partial charge in [0.05, 0.1) is 11.6 Å². The molecule has 29 heavy (non-hydrogen) atoms. The number of hydrogen-bond donors (Lipinski definition) is 1. The number of rotatable bonds is 6. The first-order valence-electron chi connectivity index (χ1n) is 8.28. The number of alkyl halides is 6. The largest absolute Gasteiger partial charge is 0.451 e. The topological polar surface area (TPSA) is 38.3 Å². The van der Waals surface area contributed by atoms with Crippen LogP contribution < -0.4 is 5.32 Å². The smallest absolute Gasteiger partial charge is 0.426 e. The fourth-order valence-corrected chi connectivity index (χ4v) is 2.66. The minimum absolute atomic E-state index is 0.0332. The zero-order valence-corrected chi connectivity index (χ0v) is 14.9. The van der Waals surface area contributed by atoms with Crippen molar-refractivity contribution >= 4 is 5.97 Å². The van der Waals surface area contributed by atoms with Gasteiger partial charge in [0.2, 0.25) is 6.10 Å². The molecule has 2 aromatic carbocycles. The van der Waals surface area contributed by atoms with Crippen LogP contribution in [0.5, 0.6) is 0 Å². The van der Waals surface area contributed by atoms with Crippen molar-refractivity contribution in [2.45, 2.75) is 31.4 Å². The first kappa shape index (κ1) is 22.7. The molecule has 0 bridgehead atoms. The van der Waals surface area contributed by atoms with Crippen molar-refractivity contribution in [3.05, 3.63) is 71.0 Å². The molecular formula is C19H16F7NO2. The summed E-state index contributed by atoms with van der Waals surface area (Å²) in [5.74, 6) is -1.89. The van der Waals surface area contributed by atoms with Crippen LogP contribution in [0.4, 0.5) is 30.7 Å². The molecule has 2 rings (SSSR count). The van der Waals surface area contributed by atoms with Crippen LogP contribution >= 0.6 is 0 Å². The van der Waals surface area contributed by atoms with Gasteiger partial charge >= 0.3 is 18.3 Å². The molecule has 2 atom stereocenters. The van der Waals surface area contributed by atoms with E-state index < -0.39 is 48.4 Å². The van der Waals surface area contributed by atoms with Gasteiger partial charge in [-0.15, -0.1) is 0 Å². The molecule has 0 fully saturated rings. The fourth-order valence-electron chi connectivity index (χ4n) is 2.66. The lowest BCUT2D eigenvalue weighted by molar-refractivity contribution is -0.218. The SMILES string of the molecule is CC(=O)OC(CNC(c1cccc(F)c1)c1cccc(C(F)(F)F)c1)C(F)(F)F. The number of carbonyl (C=O) groups excluding carboxylic acids is 1. The quantitative estimate of drug-likeness (QED) is 0.524. The highest BCUT2D eigenvalue weighted by molar-refractivity contribution is 5.66. The lowest BCUT2D eigenvalue weighted by atomic mass is 9.96. The Balaban J connectivity index is 2.40. The third-order valence-corrected chi connectivity index (χ3v) is 3.91. The Morgan fingerprint density at radius 3 is 2.10 bits per heavy atom. The van der Waals surface area contributed by atoms with Gasteiger partial charge in [-0.3, -0.25) is 4.79 Å². The monoisotopic (exact) mass is 423 g/mol. The van der Waals surface area contributed by atoms with Crippen molar-refractivity contribution in [2.75, 3.05) is 6.54 Å². The van der Waals surface area contributed by atoms with E-state index in [1.807, 2.05) is 0 Å². The maximum Gasteiger partial charge on any atom is 0.426 e. The van der Waals surface area contributed by atoms with Gasteiger partial charge in [0, 0.05) is 13.5 Å². The molecule has 0 amide bonds. The van der Waals surface area contributed by atoms with E-state index in [4.69, 9.17) is 0 Å². The molecule has 0 heterocycles. The molecule has 0 spiro atoms. The Morgan fingerprint density at radius 1 is 1.00 bits per heavy atom. The molecular weight excluding hydrogens is 407 g/mol. The van der Waals surface area contributed by atoms with Crippen LogP contribution in [0.25, 0.3) is 0 Å². The van der Waals surface area contributed by atoms with Crippen molar-refractivity contribution in [2.24, 2.45) is 0 Å². The predicted molar refractivity (Wildman–Crippen MR) is 89.3 cm³/mol. The maximum atomic E-state index is 13.6. The van der Waals surface area contributed by atoms with Crippen LogP contribution in [0.3, 0.4) is 0 Å². The summed E-state index contributed by atoms with van der Waals surface area (Å²) < 4.78 is 96.2. The summed E-state index contributed by atoms with van der Waals surface area (Å²) in [6.07, 6.45) is -12.1. The van der Waals surface area contributed by atoms with Gasteiger partial charge in [-0.05, 0) is 35.4 Å². The second-order valence-corrected chi connectivity index (χ2v) is 6.16. The lowest BCUT2D eigenvalue weighted by Crippen LogP contribution is -2.43. The standard InChI is InChI=1S/C19H16F7NO2/c1-11(28)29-16(19(24,25)26)10-27-17(13-5-3-7-15(20)9-13)12-4-2-6-14(8-12)18(21,22)23/h2-9,16-17,27H,10H2,1H3. The fraction of sp³-hybridized carbons (Fsp3) is 0.316. The Labute approximate surface area is 161 Å². The molecule has 1 N–H and O–H groups in total. The van der Waals surface area contributed by atoms with Gasteiger partial charge in [-0.2, -0.15) is 26.3 Å². The number of hydrogen-bond acceptors (Lipinski definition) is 3. The van der Waals surface area contributed by atoms with Crippen LogP contribution in [0.15, 0.2) is 48.5 Å². The second kappa shape index (κ2) is 8.81. The van der Waals surface area contributed by atoms with Crippen LogP contribution in [0.1, 0.15) is 29.7 Å². The average Bonchev–Trinajstić information content (AvgIpc) is 2.59. The summed E-state index contributed by atoms with van der Waals surface area (Å²) in [5, 5.41) is 2.44. The van der Waals surface area contributed by atoms with Gasteiger partial charge in [-0.25, -0.2) is 4.39 Å². The highest BCUT2D eigenvalue weighted by Crippen LogP contribution is 2.33. The summed E-state index contributed by atoms with van der Waals surface area (Å²) >= 11 is 0. The predicted octanol–water partition coefficient (Wildman–Crippen LogP) is 5.02. The molecule has 2 unspecified atom stereocenters. The summed E-state index contributed by atoms with van der Waals surface area (Å²) in [5.41, 5.74) is -0.937. The second-order valence-electron chi connectivity index (χ2n) is 6.16. The van der Waals surface area contributed by atoms with Crippen molar-refractivity contribution in [1.82, 2.24) is 5.32 Å². The molecule has 3 nitrogen and oxygen atoms in total. The van der Waals surface area contributed by atoms with Crippen LogP contribution in [0.2, 0.25) is 0 Å². The Bertz CT molecular complexity index is 849. The summed E-state index contributed by atoms with van der Waals surface area (Å²) in [6.45, 7) is -0.143. The molecule has 2 aromatic rings. The Kier molecular flexibility index (Phi) is 6.89. The van der Waals surface area contributed by atoms with E-state index in [2.05, 4.69) is 10.1 Å². The zero-order valence-electron chi connectivity index (χ0n) is 14.9. The number of esters is 1. The molecule has 0 aliphatic heterocycles. The first-order chi connectivity index (χ1) is 13.4. The average molecular weight is 423 g/mol. The highest BCUT2D eigenvalue weighted by Gasteiger charge is 2.42. The Morgan fingerprint density at radius 2 is 1.59 bits per heavy atom. The molecule has 10 heteroatoms. The van der Waals surface area contributed by atoms with Gasteiger partial charge in [0.15, 0.2) is 0 Å². The van der Waals surface area contributed by atoms with E-state index >= 15 is 0 Å². The van der Waals surface area contributed by atoms with Crippen LogP contribution in [-0.2, 0) is 15.7 Å². The molecule has 0 aliphatic carbocycles. The number of carbonyl (C=O) groups is 1. The minimum Gasteiger partial charge on any atom is -0.451 e. The summed E-state index contributed by atoms with van der Waals surface area (Å²) in [6, 6.07) is 7.44. The molecule has 0 saturated heterocycles. The molecule has 0 aliphatic rings. The first-order valence-corrected chi connectivity index (χ1v) is 8.28. The molecule has 0 radical (unpaired) electrons. The molecule has 0 saturated carbocycles.